The van der Waals surface area contributed by atoms with Crippen molar-refractivity contribution in [3.8, 4) is 0 Å². The number of hydrogen-bond donors (Lipinski definition) is 0. The van der Waals surface area contributed by atoms with Crippen molar-refractivity contribution in [2.45, 2.75) is 26.8 Å². The quantitative estimate of drug-likeness (QED) is 0.601. The summed E-state index contributed by atoms with van der Waals surface area (Å²) in [5, 5.41) is 0. The molecule has 14 heavy (non-hydrogen) atoms. The SMILES string of the molecule is C[C@H]1N(C)C[C@]2(C)CS(=O)(=O)C[C@]12C. The molecule has 0 amide bonds. The van der Waals surface area contributed by atoms with Gasteiger partial charge in [0.25, 0.3) is 0 Å². The number of rotatable bonds is 0. The van der Waals surface area contributed by atoms with E-state index in [9.17, 15) is 8.42 Å². The zero-order valence-corrected chi connectivity index (χ0v) is 10.2. The highest BCUT2D eigenvalue weighted by Crippen LogP contribution is 2.55. The number of sulfone groups is 1. The maximum Gasteiger partial charge on any atom is 0.151 e. The molecule has 0 aromatic carbocycles. The van der Waals surface area contributed by atoms with Crippen molar-refractivity contribution in [1.29, 1.82) is 0 Å². The average molecular weight is 217 g/mol. The smallest absolute Gasteiger partial charge is 0.151 e. The normalized spacial score (nSPS) is 52.1. The van der Waals surface area contributed by atoms with E-state index in [1.54, 1.807) is 0 Å². The Hall–Kier alpha value is -0.0900. The van der Waals surface area contributed by atoms with Crippen LogP contribution in [0.4, 0.5) is 0 Å². The topological polar surface area (TPSA) is 37.4 Å². The average Bonchev–Trinajstić information content (AvgIpc) is 2.23. The Kier molecular flexibility index (Phi) is 1.88. The molecule has 2 rings (SSSR count). The predicted octanol–water partition coefficient (Wildman–Crippen LogP) is 0.761. The van der Waals surface area contributed by atoms with E-state index in [4.69, 9.17) is 0 Å². The first-order chi connectivity index (χ1) is 6.20. The first kappa shape index (κ1) is 10.4. The van der Waals surface area contributed by atoms with Crippen molar-refractivity contribution >= 4 is 9.84 Å². The van der Waals surface area contributed by atoms with E-state index in [2.05, 4.69) is 32.7 Å². The van der Waals surface area contributed by atoms with E-state index in [0.717, 1.165) is 6.54 Å². The fourth-order valence-corrected chi connectivity index (χ4v) is 6.35. The van der Waals surface area contributed by atoms with E-state index in [-0.39, 0.29) is 10.8 Å². The molecule has 3 atom stereocenters. The van der Waals surface area contributed by atoms with Gasteiger partial charge in [-0.2, -0.15) is 0 Å². The molecule has 4 heteroatoms. The minimum absolute atomic E-state index is 0.0417. The molecule has 0 aromatic heterocycles. The van der Waals surface area contributed by atoms with Crippen LogP contribution in [0.3, 0.4) is 0 Å². The van der Waals surface area contributed by atoms with E-state index >= 15 is 0 Å². The second-order valence-corrected chi connectivity index (χ2v) is 7.67. The van der Waals surface area contributed by atoms with Gasteiger partial charge in [0.05, 0.1) is 11.5 Å². The zero-order chi connectivity index (χ0) is 10.8. The minimum atomic E-state index is -2.81. The van der Waals surface area contributed by atoms with Gasteiger partial charge in [0, 0.05) is 23.4 Å². The van der Waals surface area contributed by atoms with E-state index in [1.807, 2.05) is 0 Å². The summed E-state index contributed by atoms with van der Waals surface area (Å²) in [5.74, 6) is 0.729. The molecule has 0 radical (unpaired) electrons. The highest BCUT2D eigenvalue weighted by Gasteiger charge is 2.62. The lowest BCUT2D eigenvalue weighted by atomic mass is 9.68. The summed E-state index contributed by atoms with van der Waals surface area (Å²) in [6.45, 7) is 7.30. The Morgan fingerprint density at radius 2 is 1.86 bits per heavy atom. The van der Waals surface area contributed by atoms with Gasteiger partial charge in [-0.25, -0.2) is 8.42 Å². The number of fused-ring (bicyclic) bond motifs is 1. The van der Waals surface area contributed by atoms with Crippen LogP contribution >= 0.6 is 0 Å². The van der Waals surface area contributed by atoms with Crippen LogP contribution < -0.4 is 0 Å². The molecule has 82 valence electrons. The monoisotopic (exact) mass is 217 g/mol. The number of likely N-dealkylation sites (tertiary alicyclic amines) is 1. The fraction of sp³-hybridized carbons (Fsp3) is 1.00. The summed E-state index contributed by atoms with van der Waals surface area (Å²) in [6, 6.07) is 0.366. The molecule has 2 fully saturated rings. The molecule has 2 saturated heterocycles. The van der Waals surface area contributed by atoms with Crippen molar-refractivity contribution in [2.75, 3.05) is 25.1 Å². The molecule has 0 bridgehead atoms. The van der Waals surface area contributed by atoms with Gasteiger partial charge < -0.3 is 4.90 Å². The Bertz CT molecular complexity index is 364. The van der Waals surface area contributed by atoms with Crippen LogP contribution in [0.2, 0.25) is 0 Å². The lowest BCUT2D eigenvalue weighted by molar-refractivity contribution is 0.170. The number of hydrogen-bond acceptors (Lipinski definition) is 3. The van der Waals surface area contributed by atoms with Crippen LogP contribution in [-0.2, 0) is 9.84 Å². The largest absolute Gasteiger partial charge is 0.302 e. The van der Waals surface area contributed by atoms with Crippen molar-refractivity contribution < 1.29 is 8.42 Å². The number of nitrogens with zero attached hydrogens (tertiary/aromatic N) is 1. The van der Waals surface area contributed by atoms with Gasteiger partial charge in [0.1, 0.15) is 0 Å². The minimum Gasteiger partial charge on any atom is -0.302 e. The van der Waals surface area contributed by atoms with Gasteiger partial charge in [0.2, 0.25) is 0 Å². The molecule has 2 aliphatic heterocycles. The molecule has 2 heterocycles. The van der Waals surface area contributed by atoms with E-state index in [0.29, 0.717) is 17.5 Å². The molecule has 3 nitrogen and oxygen atoms in total. The van der Waals surface area contributed by atoms with Crippen molar-refractivity contribution in [3.63, 3.8) is 0 Å². The second-order valence-electron chi connectivity index (χ2n) is 5.60. The van der Waals surface area contributed by atoms with Crippen molar-refractivity contribution in [2.24, 2.45) is 10.8 Å². The summed E-state index contributed by atoms with van der Waals surface area (Å²) >= 11 is 0. The molecular formula is C10H19NO2S. The first-order valence-corrected chi connectivity index (χ1v) is 6.93. The van der Waals surface area contributed by atoms with Crippen molar-refractivity contribution in [3.05, 3.63) is 0 Å². The molecular weight excluding hydrogens is 198 g/mol. The van der Waals surface area contributed by atoms with E-state index in [1.165, 1.54) is 0 Å². The summed E-state index contributed by atoms with van der Waals surface area (Å²) in [6.07, 6.45) is 0. The third kappa shape index (κ3) is 1.10. The van der Waals surface area contributed by atoms with Crippen LogP contribution in [0.15, 0.2) is 0 Å². The molecule has 0 aliphatic carbocycles. The maximum atomic E-state index is 11.7. The van der Waals surface area contributed by atoms with Crippen molar-refractivity contribution in [1.82, 2.24) is 4.90 Å². The fourth-order valence-electron chi connectivity index (χ4n) is 3.36. The van der Waals surface area contributed by atoms with Crippen LogP contribution in [0, 0.1) is 10.8 Å². The Balaban J connectivity index is 2.48. The summed E-state index contributed by atoms with van der Waals surface area (Å²) in [5.41, 5.74) is -0.0966. The molecule has 0 saturated carbocycles. The highest BCUT2D eigenvalue weighted by atomic mass is 32.2. The molecule has 0 spiro atoms. The Labute approximate surface area is 86.4 Å². The summed E-state index contributed by atoms with van der Waals surface area (Å²) in [4.78, 5) is 2.29. The third-order valence-corrected chi connectivity index (χ3v) is 6.74. The van der Waals surface area contributed by atoms with Gasteiger partial charge in [-0.1, -0.05) is 13.8 Å². The molecule has 0 aromatic rings. The molecule has 2 aliphatic rings. The van der Waals surface area contributed by atoms with Crippen LogP contribution in [0.25, 0.3) is 0 Å². The van der Waals surface area contributed by atoms with Gasteiger partial charge in [-0.05, 0) is 14.0 Å². The third-order valence-electron chi connectivity index (χ3n) is 4.62. The first-order valence-electron chi connectivity index (χ1n) is 5.11. The molecule has 0 N–H and O–H groups in total. The van der Waals surface area contributed by atoms with Gasteiger partial charge >= 0.3 is 0 Å². The van der Waals surface area contributed by atoms with E-state index < -0.39 is 9.84 Å². The van der Waals surface area contributed by atoms with Crippen LogP contribution in [-0.4, -0.2) is 44.5 Å². The summed E-state index contributed by atoms with van der Waals surface area (Å²) in [7, 11) is -0.716. The Morgan fingerprint density at radius 3 is 2.36 bits per heavy atom. The summed E-state index contributed by atoms with van der Waals surface area (Å²) < 4.78 is 23.4. The highest BCUT2D eigenvalue weighted by molar-refractivity contribution is 7.91. The maximum absolute atomic E-state index is 11.7. The zero-order valence-electron chi connectivity index (χ0n) is 9.37. The standard InChI is InChI=1S/C10H19NO2S/c1-8-10(3)7-14(12,13)6-9(10,2)5-11(8)4/h8H,5-7H2,1-4H3/t8-,9-,10-/m1/s1. The predicted molar refractivity (Wildman–Crippen MR) is 57.0 cm³/mol. The van der Waals surface area contributed by atoms with Gasteiger partial charge in [-0.15, -0.1) is 0 Å². The van der Waals surface area contributed by atoms with Gasteiger partial charge in [-0.3, -0.25) is 0 Å². The van der Waals surface area contributed by atoms with Gasteiger partial charge in [0.15, 0.2) is 9.84 Å². The van der Waals surface area contributed by atoms with Crippen LogP contribution in [0.5, 0.6) is 0 Å². The van der Waals surface area contributed by atoms with Crippen LogP contribution in [0.1, 0.15) is 20.8 Å². The lowest BCUT2D eigenvalue weighted by Crippen LogP contribution is -2.39. The Morgan fingerprint density at radius 1 is 1.29 bits per heavy atom. The second kappa shape index (κ2) is 2.53. The molecule has 0 unspecified atom stereocenters. The lowest BCUT2D eigenvalue weighted by Gasteiger charge is -2.34.